The highest BCUT2D eigenvalue weighted by Crippen LogP contribution is 2.43. The van der Waals surface area contributed by atoms with Crippen molar-refractivity contribution >= 4 is 22.9 Å². The molecule has 0 spiro atoms. The lowest BCUT2D eigenvalue weighted by Gasteiger charge is -2.22. The zero-order chi connectivity index (χ0) is 18.8. The van der Waals surface area contributed by atoms with Crippen LogP contribution in [-0.2, 0) is 22.4 Å². The van der Waals surface area contributed by atoms with Crippen molar-refractivity contribution in [3.63, 3.8) is 0 Å². The Bertz CT molecular complexity index is 953. The number of carbonyl (C=O) groups is 2. The maximum Gasteiger partial charge on any atom is 0.513 e. The van der Waals surface area contributed by atoms with E-state index in [9.17, 15) is 9.59 Å². The number of esters is 1. The molecule has 2 aromatic rings. The van der Waals surface area contributed by atoms with Crippen molar-refractivity contribution in [2.45, 2.75) is 26.7 Å². The molecule has 2 aromatic carbocycles. The Morgan fingerprint density at radius 1 is 1.00 bits per heavy atom. The van der Waals surface area contributed by atoms with Crippen LogP contribution < -0.4 is 9.47 Å². The summed E-state index contributed by atoms with van der Waals surface area (Å²) in [4.78, 5) is 24.0. The van der Waals surface area contributed by atoms with Crippen molar-refractivity contribution < 1.29 is 23.8 Å². The first-order chi connectivity index (χ1) is 12.4. The normalized spacial score (nSPS) is 12.4. The number of benzene rings is 2. The number of allylic oxidation sites excluding steroid dienone is 2. The fourth-order valence-electron chi connectivity index (χ4n) is 3.02. The SMILES string of the molecule is C=C(C)C(=O)Oc1c2c(c(OC(=O)OC)c3cc(C)ccc13)CC=CC2. The van der Waals surface area contributed by atoms with E-state index >= 15 is 0 Å². The minimum atomic E-state index is -0.781. The summed E-state index contributed by atoms with van der Waals surface area (Å²) in [6.45, 7) is 7.20. The zero-order valence-corrected chi connectivity index (χ0v) is 15.0. The predicted molar refractivity (Wildman–Crippen MR) is 98.7 cm³/mol. The van der Waals surface area contributed by atoms with Crippen LogP contribution in [0.2, 0.25) is 0 Å². The largest absolute Gasteiger partial charge is 0.513 e. The number of aryl methyl sites for hydroxylation is 1. The van der Waals surface area contributed by atoms with E-state index in [2.05, 4.69) is 11.3 Å². The van der Waals surface area contributed by atoms with Crippen LogP contribution in [0, 0.1) is 6.92 Å². The van der Waals surface area contributed by atoms with Gasteiger partial charge in [-0.05, 0) is 32.8 Å². The molecule has 1 aliphatic carbocycles. The van der Waals surface area contributed by atoms with Crippen LogP contribution in [0.25, 0.3) is 10.8 Å². The maximum absolute atomic E-state index is 12.2. The van der Waals surface area contributed by atoms with E-state index in [1.165, 1.54) is 7.11 Å². The number of rotatable bonds is 3. The summed E-state index contributed by atoms with van der Waals surface area (Å²) in [5, 5.41) is 1.41. The smallest absolute Gasteiger partial charge is 0.437 e. The first-order valence-corrected chi connectivity index (χ1v) is 8.29. The van der Waals surface area contributed by atoms with E-state index in [-0.39, 0.29) is 0 Å². The maximum atomic E-state index is 12.2. The van der Waals surface area contributed by atoms with Crippen LogP contribution in [0.4, 0.5) is 4.79 Å². The van der Waals surface area contributed by atoms with Gasteiger partial charge in [0.05, 0.1) is 7.11 Å². The van der Waals surface area contributed by atoms with E-state index in [1.807, 2.05) is 37.3 Å². The molecular weight excluding hydrogens is 332 g/mol. The van der Waals surface area contributed by atoms with E-state index in [4.69, 9.17) is 9.47 Å². The van der Waals surface area contributed by atoms with E-state index < -0.39 is 12.1 Å². The topological polar surface area (TPSA) is 61.8 Å². The van der Waals surface area contributed by atoms with Gasteiger partial charge in [0.25, 0.3) is 0 Å². The van der Waals surface area contributed by atoms with Gasteiger partial charge >= 0.3 is 12.1 Å². The van der Waals surface area contributed by atoms with Crippen LogP contribution >= 0.6 is 0 Å². The average Bonchev–Trinajstić information content (AvgIpc) is 2.63. The molecule has 0 radical (unpaired) electrons. The number of methoxy groups -OCH3 is 1. The molecule has 0 amide bonds. The summed E-state index contributed by atoms with van der Waals surface area (Å²) in [5.74, 6) is 0.458. The van der Waals surface area contributed by atoms with Crippen LogP contribution in [-0.4, -0.2) is 19.2 Å². The lowest BCUT2D eigenvalue weighted by atomic mass is 9.90. The molecule has 0 aromatic heterocycles. The van der Waals surface area contributed by atoms with Crippen LogP contribution in [0.15, 0.2) is 42.5 Å². The van der Waals surface area contributed by atoms with Gasteiger partial charge in [-0.2, -0.15) is 0 Å². The molecule has 1 aliphatic rings. The third-order valence-electron chi connectivity index (χ3n) is 4.28. The van der Waals surface area contributed by atoms with Crippen molar-refractivity contribution in [2.24, 2.45) is 0 Å². The van der Waals surface area contributed by atoms with Crippen molar-refractivity contribution in [3.05, 3.63) is 59.2 Å². The molecule has 134 valence electrons. The first-order valence-electron chi connectivity index (χ1n) is 8.29. The molecule has 3 rings (SSSR count). The Morgan fingerprint density at radius 3 is 2.19 bits per heavy atom. The molecule has 0 fully saturated rings. The lowest BCUT2D eigenvalue weighted by Crippen LogP contribution is -2.15. The van der Waals surface area contributed by atoms with E-state index in [0.29, 0.717) is 40.7 Å². The molecule has 0 heterocycles. The second-order valence-electron chi connectivity index (χ2n) is 6.27. The number of hydrogen-bond acceptors (Lipinski definition) is 5. The summed E-state index contributed by atoms with van der Waals surface area (Å²) < 4.78 is 15.8. The van der Waals surface area contributed by atoms with Gasteiger partial charge in [-0.3, -0.25) is 0 Å². The quantitative estimate of drug-likeness (QED) is 0.269. The van der Waals surface area contributed by atoms with Crippen molar-refractivity contribution in [1.29, 1.82) is 0 Å². The minimum Gasteiger partial charge on any atom is -0.437 e. The molecule has 0 atom stereocenters. The van der Waals surface area contributed by atoms with Crippen molar-refractivity contribution in [1.82, 2.24) is 0 Å². The Balaban J connectivity index is 2.31. The molecule has 0 aliphatic heterocycles. The predicted octanol–water partition coefficient (Wildman–Crippen LogP) is 4.43. The Kier molecular flexibility index (Phi) is 4.80. The molecule has 0 saturated heterocycles. The Hall–Kier alpha value is -3.08. The highest BCUT2D eigenvalue weighted by atomic mass is 16.7. The van der Waals surface area contributed by atoms with Gasteiger partial charge in [-0.25, -0.2) is 9.59 Å². The third-order valence-corrected chi connectivity index (χ3v) is 4.28. The van der Waals surface area contributed by atoms with Gasteiger partial charge in [0.2, 0.25) is 0 Å². The van der Waals surface area contributed by atoms with Crippen LogP contribution in [0.5, 0.6) is 11.5 Å². The summed E-state index contributed by atoms with van der Waals surface area (Å²) in [5.41, 5.74) is 2.97. The van der Waals surface area contributed by atoms with Gasteiger partial charge in [-0.1, -0.05) is 36.4 Å². The highest BCUT2D eigenvalue weighted by Gasteiger charge is 2.25. The summed E-state index contributed by atoms with van der Waals surface area (Å²) in [6.07, 6.45) is 4.37. The minimum absolute atomic E-state index is 0.320. The van der Waals surface area contributed by atoms with Crippen molar-refractivity contribution in [3.8, 4) is 11.5 Å². The Labute approximate surface area is 151 Å². The molecule has 0 saturated carbocycles. The lowest BCUT2D eigenvalue weighted by molar-refractivity contribution is -0.130. The Morgan fingerprint density at radius 2 is 1.62 bits per heavy atom. The fourth-order valence-corrected chi connectivity index (χ4v) is 3.02. The first kappa shape index (κ1) is 17.7. The third kappa shape index (κ3) is 3.20. The van der Waals surface area contributed by atoms with Gasteiger partial charge < -0.3 is 14.2 Å². The molecule has 5 nitrogen and oxygen atoms in total. The summed E-state index contributed by atoms with van der Waals surface area (Å²) >= 11 is 0. The fraction of sp³-hybridized carbons (Fsp3) is 0.238. The van der Waals surface area contributed by atoms with Crippen molar-refractivity contribution in [2.75, 3.05) is 7.11 Å². The highest BCUT2D eigenvalue weighted by molar-refractivity contribution is 6.00. The van der Waals surface area contributed by atoms with Crippen LogP contribution in [0.3, 0.4) is 0 Å². The molecule has 0 bridgehead atoms. The van der Waals surface area contributed by atoms with Gasteiger partial charge in [0.15, 0.2) is 0 Å². The summed E-state index contributed by atoms with van der Waals surface area (Å²) in [7, 11) is 1.27. The molecule has 0 N–H and O–H groups in total. The van der Waals surface area contributed by atoms with Gasteiger partial charge in [0.1, 0.15) is 11.5 Å². The number of carbonyl (C=O) groups excluding carboxylic acids is 2. The molecular formula is C21H20O5. The zero-order valence-electron chi connectivity index (χ0n) is 15.0. The number of hydrogen-bond donors (Lipinski definition) is 0. The van der Waals surface area contributed by atoms with Crippen LogP contribution in [0.1, 0.15) is 23.6 Å². The second-order valence-corrected chi connectivity index (χ2v) is 6.27. The van der Waals surface area contributed by atoms with Gasteiger partial charge in [0, 0.05) is 27.5 Å². The monoisotopic (exact) mass is 352 g/mol. The molecule has 0 unspecified atom stereocenters. The average molecular weight is 352 g/mol. The second kappa shape index (κ2) is 7.04. The molecule has 5 heteroatoms. The number of fused-ring (bicyclic) bond motifs is 2. The van der Waals surface area contributed by atoms with E-state index in [0.717, 1.165) is 16.7 Å². The van der Waals surface area contributed by atoms with E-state index in [1.54, 1.807) is 6.92 Å². The molecule has 26 heavy (non-hydrogen) atoms. The summed E-state index contributed by atoms with van der Waals surface area (Å²) in [6, 6.07) is 5.70. The number of ether oxygens (including phenoxy) is 3. The van der Waals surface area contributed by atoms with Gasteiger partial charge in [-0.15, -0.1) is 0 Å². The standard InChI is InChI=1S/C21H20O5/c1-12(2)20(22)25-18-14-7-5-6-8-15(14)19(26-21(23)24-4)17-11-13(3)9-10-16(17)18/h5-6,9-11H,1,7-8H2,2-4H3.